The molecule has 0 aliphatic heterocycles. The molecule has 3 rings (SSSR count). The first-order valence-electron chi connectivity index (χ1n) is 10.5. The van der Waals surface area contributed by atoms with Crippen molar-refractivity contribution in [3.63, 3.8) is 0 Å². The van der Waals surface area contributed by atoms with Crippen molar-refractivity contribution in [2.75, 3.05) is 17.7 Å². The molecule has 2 aromatic carbocycles. The monoisotopic (exact) mass is 489 g/mol. The van der Waals surface area contributed by atoms with E-state index in [1.807, 2.05) is 35.8 Å². The Morgan fingerprint density at radius 1 is 1.21 bits per heavy atom. The molecule has 3 aromatic rings. The molecule has 0 fully saturated rings. The minimum atomic E-state index is -0.595. The van der Waals surface area contributed by atoms with Crippen LogP contribution in [0.15, 0.2) is 47.6 Å². The van der Waals surface area contributed by atoms with Gasteiger partial charge in [-0.15, -0.1) is 10.2 Å². The minimum absolute atomic E-state index is 0.0107. The van der Waals surface area contributed by atoms with Crippen molar-refractivity contribution in [3.8, 4) is 17.1 Å². The van der Waals surface area contributed by atoms with Gasteiger partial charge in [0.15, 0.2) is 11.0 Å². The predicted molar refractivity (Wildman–Crippen MR) is 129 cm³/mol. The van der Waals surface area contributed by atoms with Gasteiger partial charge in [0.2, 0.25) is 5.91 Å². The van der Waals surface area contributed by atoms with Crippen LogP contribution in [0, 0.1) is 10.1 Å². The molecule has 11 heteroatoms. The van der Waals surface area contributed by atoms with E-state index < -0.39 is 4.92 Å². The average Bonchev–Trinajstić information content (AvgIpc) is 3.22. The SMILES string of the molecule is CCCCOc1ccc(-c2nnc(SCC(=O)Nc3ccc(Cl)c([N+](=O)[O-])c3)n2CC)cc1. The maximum absolute atomic E-state index is 12.4. The number of nitro groups is 1. The summed E-state index contributed by atoms with van der Waals surface area (Å²) in [5.74, 6) is 1.26. The number of rotatable bonds is 11. The third kappa shape index (κ3) is 6.45. The quantitative estimate of drug-likeness (QED) is 0.165. The number of hydrogen-bond donors (Lipinski definition) is 1. The largest absolute Gasteiger partial charge is 0.494 e. The van der Waals surface area contributed by atoms with Gasteiger partial charge in [-0.3, -0.25) is 14.9 Å². The molecular formula is C22H24ClN5O4S. The van der Waals surface area contributed by atoms with E-state index in [4.69, 9.17) is 16.3 Å². The molecule has 0 aliphatic carbocycles. The Hall–Kier alpha value is -3.11. The zero-order chi connectivity index (χ0) is 23.8. The topological polar surface area (TPSA) is 112 Å². The summed E-state index contributed by atoms with van der Waals surface area (Å²) in [5, 5.41) is 22.8. The second kappa shape index (κ2) is 11.7. The molecule has 0 unspecified atom stereocenters. The summed E-state index contributed by atoms with van der Waals surface area (Å²) in [5.41, 5.74) is 0.937. The number of carbonyl (C=O) groups is 1. The smallest absolute Gasteiger partial charge is 0.289 e. The van der Waals surface area contributed by atoms with Crippen molar-refractivity contribution in [3.05, 3.63) is 57.6 Å². The Morgan fingerprint density at radius 3 is 2.64 bits per heavy atom. The summed E-state index contributed by atoms with van der Waals surface area (Å²) in [7, 11) is 0. The Kier molecular flexibility index (Phi) is 8.67. The number of anilines is 1. The lowest BCUT2D eigenvalue weighted by Crippen LogP contribution is -2.14. The molecule has 33 heavy (non-hydrogen) atoms. The van der Waals surface area contributed by atoms with Gasteiger partial charge >= 0.3 is 0 Å². The van der Waals surface area contributed by atoms with Gasteiger partial charge in [0.1, 0.15) is 10.8 Å². The zero-order valence-electron chi connectivity index (χ0n) is 18.3. The third-order valence-electron chi connectivity index (χ3n) is 4.67. The van der Waals surface area contributed by atoms with Crippen LogP contribution in [0.2, 0.25) is 5.02 Å². The molecular weight excluding hydrogens is 466 g/mol. The summed E-state index contributed by atoms with van der Waals surface area (Å²) in [6.07, 6.45) is 2.09. The van der Waals surface area contributed by atoms with Gasteiger partial charge < -0.3 is 14.6 Å². The van der Waals surface area contributed by atoms with Crippen molar-refractivity contribution < 1.29 is 14.5 Å². The first-order chi connectivity index (χ1) is 15.9. The normalized spacial score (nSPS) is 10.8. The molecule has 0 saturated carbocycles. The minimum Gasteiger partial charge on any atom is -0.494 e. The Morgan fingerprint density at radius 2 is 1.97 bits per heavy atom. The van der Waals surface area contributed by atoms with Gasteiger partial charge in [-0.1, -0.05) is 36.7 Å². The summed E-state index contributed by atoms with van der Waals surface area (Å²) in [4.78, 5) is 22.8. The zero-order valence-corrected chi connectivity index (χ0v) is 19.9. The fourth-order valence-corrected chi connectivity index (χ4v) is 3.98. The molecule has 0 bridgehead atoms. The third-order valence-corrected chi connectivity index (χ3v) is 5.96. The van der Waals surface area contributed by atoms with Crippen LogP contribution in [0.25, 0.3) is 11.4 Å². The second-order valence-corrected chi connectivity index (χ2v) is 8.39. The van der Waals surface area contributed by atoms with Crippen molar-refractivity contribution in [1.29, 1.82) is 0 Å². The number of hydrogen-bond acceptors (Lipinski definition) is 7. The Balaban J connectivity index is 1.64. The number of amides is 1. The summed E-state index contributed by atoms with van der Waals surface area (Å²) in [6, 6.07) is 11.8. The molecule has 0 saturated heterocycles. The highest BCUT2D eigenvalue weighted by molar-refractivity contribution is 7.99. The van der Waals surface area contributed by atoms with Gasteiger partial charge in [-0.2, -0.15) is 0 Å². The molecule has 1 heterocycles. The second-order valence-electron chi connectivity index (χ2n) is 7.04. The number of carbonyl (C=O) groups excluding carboxylic acids is 1. The van der Waals surface area contributed by atoms with E-state index in [0.29, 0.717) is 29.8 Å². The number of unbranched alkanes of at least 4 members (excludes halogenated alkanes) is 1. The van der Waals surface area contributed by atoms with Crippen LogP contribution in [0.5, 0.6) is 5.75 Å². The Labute approximate surface area is 200 Å². The summed E-state index contributed by atoms with van der Waals surface area (Å²) >= 11 is 7.05. The lowest BCUT2D eigenvalue weighted by atomic mass is 10.2. The number of thioether (sulfide) groups is 1. The van der Waals surface area contributed by atoms with Gasteiger partial charge in [0.25, 0.3) is 5.69 Å². The molecule has 1 aromatic heterocycles. The number of nitrogens with zero attached hydrogens (tertiary/aromatic N) is 4. The highest BCUT2D eigenvalue weighted by Crippen LogP contribution is 2.28. The summed E-state index contributed by atoms with van der Waals surface area (Å²) in [6.45, 7) is 5.41. The van der Waals surface area contributed by atoms with E-state index in [9.17, 15) is 14.9 Å². The highest BCUT2D eigenvalue weighted by atomic mass is 35.5. The van der Waals surface area contributed by atoms with E-state index in [1.54, 1.807) is 0 Å². The van der Waals surface area contributed by atoms with E-state index in [-0.39, 0.29) is 22.4 Å². The molecule has 1 amide bonds. The van der Waals surface area contributed by atoms with Crippen LogP contribution in [0.4, 0.5) is 11.4 Å². The summed E-state index contributed by atoms with van der Waals surface area (Å²) < 4.78 is 7.63. The number of nitro benzene ring substituents is 1. The van der Waals surface area contributed by atoms with Crippen molar-refractivity contribution >= 4 is 40.6 Å². The van der Waals surface area contributed by atoms with Gasteiger partial charge in [0.05, 0.1) is 17.3 Å². The number of benzene rings is 2. The van der Waals surface area contributed by atoms with Crippen LogP contribution in [0.3, 0.4) is 0 Å². The molecule has 0 spiro atoms. The van der Waals surface area contributed by atoms with E-state index in [0.717, 1.165) is 24.2 Å². The van der Waals surface area contributed by atoms with Crippen molar-refractivity contribution in [2.24, 2.45) is 0 Å². The number of nitrogens with one attached hydrogen (secondary N) is 1. The maximum atomic E-state index is 12.4. The molecule has 0 aliphatic rings. The molecule has 0 atom stereocenters. The van der Waals surface area contributed by atoms with Gasteiger partial charge in [0, 0.05) is 23.9 Å². The van der Waals surface area contributed by atoms with E-state index in [1.165, 1.54) is 30.0 Å². The van der Waals surface area contributed by atoms with Crippen LogP contribution < -0.4 is 10.1 Å². The van der Waals surface area contributed by atoms with Crippen molar-refractivity contribution in [2.45, 2.75) is 38.4 Å². The van der Waals surface area contributed by atoms with Crippen LogP contribution in [-0.4, -0.2) is 38.0 Å². The number of aromatic nitrogens is 3. The van der Waals surface area contributed by atoms with Gasteiger partial charge in [-0.05, 0) is 49.7 Å². The lowest BCUT2D eigenvalue weighted by molar-refractivity contribution is -0.384. The van der Waals surface area contributed by atoms with E-state index >= 15 is 0 Å². The molecule has 1 N–H and O–H groups in total. The molecule has 0 radical (unpaired) electrons. The van der Waals surface area contributed by atoms with Gasteiger partial charge in [-0.25, -0.2) is 0 Å². The first kappa shape index (κ1) is 24.5. The average molecular weight is 490 g/mol. The fourth-order valence-electron chi connectivity index (χ4n) is 2.99. The number of halogens is 1. The molecule has 9 nitrogen and oxygen atoms in total. The maximum Gasteiger partial charge on any atom is 0.289 e. The molecule has 174 valence electrons. The van der Waals surface area contributed by atoms with Crippen LogP contribution >= 0.6 is 23.4 Å². The predicted octanol–water partition coefficient (Wildman–Crippen LogP) is 5.44. The van der Waals surface area contributed by atoms with Crippen molar-refractivity contribution in [1.82, 2.24) is 14.8 Å². The lowest BCUT2D eigenvalue weighted by Gasteiger charge is -2.09. The highest BCUT2D eigenvalue weighted by Gasteiger charge is 2.17. The van der Waals surface area contributed by atoms with E-state index in [2.05, 4.69) is 22.4 Å². The Bertz CT molecular complexity index is 1120. The first-order valence-corrected chi connectivity index (χ1v) is 11.8. The standard InChI is InChI=1S/C22H24ClN5O4S/c1-3-5-12-32-17-9-6-15(7-10-17)21-25-26-22(27(21)4-2)33-14-20(29)24-16-8-11-18(23)19(13-16)28(30)31/h6-11,13H,3-5,12,14H2,1-2H3,(H,24,29). The fraction of sp³-hybridized carbons (Fsp3) is 0.318. The van der Waals surface area contributed by atoms with Crippen LogP contribution in [0.1, 0.15) is 26.7 Å². The number of ether oxygens (including phenoxy) is 1. The van der Waals surface area contributed by atoms with Crippen LogP contribution in [-0.2, 0) is 11.3 Å².